The molecule has 1 fully saturated rings. The van der Waals surface area contributed by atoms with Crippen LogP contribution >= 0.6 is 0 Å². The minimum atomic E-state index is -0.448. The summed E-state index contributed by atoms with van der Waals surface area (Å²) in [5.41, 5.74) is -0.603. The molecule has 1 atom stereocenters. The molecule has 0 aliphatic carbocycles. The van der Waals surface area contributed by atoms with Crippen LogP contribution in [0.2, 0.25) is 0 Å². The van der Waals surface area contributed by atoms with Gasteiger partial charge in [0.2, 0.25) is 0 Å². The number of hydrogen-bond donors (Lipinski definition) is 1. The van der Waals surface area contributed by atoms with Gasteiger partial charge in [0.1, 0.15) is 0 Å². The molecule has 1 saturated heterocycles. The second kappa shape index (κ2) is 5.72. The van der Waals surface area contributed by atoms with E-state index in [1.807, 2.05) is 46.6 Å². The number of hydrogen-bond acceptors (Lipinski definition) is 3. The number of aliphatic hydroxyl groups is 1. The lowest BCUT2D eigenvalue weighted by Crippen LogP contribution is -2.62. The Kier molecular flexibility index (Phi) is 4.02. The van der Waals surface area contributed by atoms with Crippen LogP contribution in [-0.2, 0) is 4.84 Å². The van der Waals surface area contributed by atoms with Crippen molar-refractivity contribution in [2.24, 2.45) is 0 Å². The van der Waals surface area contributed by atoms with Crippen molar-refractivity contribution in [3.8, 4) is 0 Å². The largest absolute Gasteiger partial charge is 0.393 e. The molecule has 1 rings (SSSR count). The molecule has 3 heteroatoms. The summed E-state index contributed by atoms with van der Waals surface area (Å²) in [6, 6.07) is 0.537. The number of hydroxylamine groups is 2. The summed E-state index contributed by atoms with van der Waals surface area (Å²) < 4.78 is 15.7. The van der Waals surface area contributed by atoms with Gasteiger partial charge in [0.05, 0.1) is 14.9 Å². The van der Waals surface area contributed by atoms with Crippen LogP contribution in [0.5, 0.6) is 0 Å². The predicted molar refractivity (Wildman–Crippen MR) is 75.2 cm³/mol. The highest BCUT2D eigenvalue weighted by atomic mass is 16.7. The van der Waals surface area contributed by atoms with E-state index in [-0.39, 0.29) is 23.2 Å². The van der Waals surface area contributed by atoms with Crippen molar-refractivity contribution in [3.05, 3.63) is 12.1 Å². The molecule has 1 N–H and O–H groups in total. The highest BCUT2D eigenvalue weighted by molar-refractivity contribution is 4.97. The highest BCUT2D eigenvalue weighted by Crippen LogP contribution is 2.39. The summed E-state index contributed by atoms with van der Waals surface area (Å²) in [6.45, 7) is 11.8. The van der Waals surface area contributed by atoms with Gasteiger partial charge in [-0.05, 0) is 53.9 Å². The van der Waals surface area contributed by atoms with Gasteiger partial charge >= 0.3 is 0 Å². The lowest BCUT2D eigenvalue weighted by Gasteiger charge is -2.53. The maximum Gasteiger partial charge on any atom is 0.0946 e. The minimum Gasteiger partial charge on any atom is -0.393 e. The first-order valence-electron chi connectivity index (χ1n) is 7.82. The van der Waals surface area contributed by atoms with Crippen molar-refractivity contribution in [2.75, 3.05) is 0 Å². The van der Waals surface area contributed by atoms with E-state index < -0.39 is 6.10 Å². The van der Waals surface area contributed by atoms with Gasteiger partial charge in [0, 0.05) is 11.1 Å². The Hall–Kier alpha value is -0.380. The fourth-order valence-electron chi connectivity index (χ4n) is 2.93. The molecular weight excluding hydrogens is 226 g/mol. The third-order valence-electron chi connectivity index (χ3n) is 3.32. The Labute approximate surface area is 115 Å². The normalized spacial score (nSPS) is 29.3. The van der Waals surface area contributed by atoms with Crippen LogP contribution in [0.15, 0.2) is 12.1 Å². The van der Waals surface area contributed by atoms with Crippen molar-refractivity contribution in [3.63, 3.8) is 0 Å². The van der Waals surface area contributed by atoms with Crippen LogP contribution in [0.4, 0.5) is 0 Å². The van der Waals surface area contributed by atoms with E-state index in [9.17, 15) is 5.11 Å². The molecule has 1 aliphatic heterocycles. The Morgan fingerprint density at radius 2 is 1.89 bits per heavy atom. The molecule has 0 spiro atoms. The number of allylic oxidation sites excluding steroid dienone is 1. The molecule has 0 radical (unpaired) electrons. The number of rotatable bonds is 4. The summed E-state index contributed by atoms with van der Waals surface area (Å²) >= 11 is 0. The van der Waals surface area contributed by atoms with Gasteiger partial charge in [-0.1, -0.05) is 19.0 Å². The van der Waals surface area contributed by atoms with Crippen LogP contribution in [-0.4, -0.2) is 33.5 Å². The lowest BCUT2D eigenvalue weighted by atomic mass is 9.80. The van der Waals surface area contributed by atoms with Crippen molar-refractivity contribution >= 4 is 0 Å². The predicted octanol–water partition coefficient (Wildman–Crippen LogP) is 3.29. The molecule has 1 unspecified atom stereocenters. The third-order valence-corrected chi connectivity index (χ3v) is 3.32. The monoisotopic (exact) mass is 257 g/mol. The highest BCUT2D eigenvalue weighted by Gasteiger charge is 2.46. The molecule has 1 heterocycles. The molecule has 106 valence electrons. The maximum absolute atomic E-state index is 10.0. The molecule has 0 aromatic carbocycles. The van der Waals surface area contributed by atoms with Crippen molar-refractivity contribution in [1.82, 2.24) is 5.06 Å². The zero-order valence-corrected chi connectivity index (χ0v) is 12.6. The zero-order valence-electron chi connectivity index (χ0n) is 14.6. The van der Waals surface area contributed by atoms with Crippen LogP contribution in [0.25, 0.3) is 0 Å². The Balaban J connectivity index is 2.94. The summed E-state index contributed by atoms with van der Waals surface area (Å²) in [7, 11) is 0. The Morgan fingerprint density at radius 1 is 1.39 bits per heavy atom. The minimum absolute atomic E-state index is 0.227. The standard InChI is InChI=1S/C15H29NO2/c1-7-8-9-12(2)18-16-14(3,4)10-13(17)11-15(16,5)6/h8-9,12-13,17H,7,10-11H2,1-6H3/b9-8+/i8D,9D. The van der Waals surface area contributed by atoms with Gasteiger partial charge in [-0.3, -0.25) is 4.84 Å². The van der Waals surface area contributed by atoms with E-state index in [0.29, 0.717) is 25.3 Å². The first-order chi connectivity index (χ1) is 9.01. The number of nitrogens with zero attached hydrogens (tertiary/aromatic N) is 1. The fraction of sp³-hybridized carbons (Fsp3) is 0.867. The zero-order chi connectivity index (χ0) is 15.7. The first-order valence-corrected chi connectivity index (χ1v) is 6.82. The van der Waals surface area contributed by atoms with Crippen molar-refractivity contribution in [1.29, 1.82) is 0 Å². The average molecular weight is 257 g/mol. The number of piperidine rings is 1. The fourth-order valence-corrected chi connectivity index (χ4v) is 2.93. The topological polar surface area (TPSA) is 32.7 Å². The van der Waals surface area contributed by atoms with E-state index in [0.717, 1.165) is 0 Å². The smallest absolute Gasteiger partial charge is 0.0946 e. The second-order valence-corrected chi connectivity index (χ2v) is 6.40. The van der Waals surface area contributed by atoms with Crippen LogP contribution in [0.1, 0.15) is 63.5 Å². The van der Waals surface area contributed by atoms with Crippen LogP contribution in [0.3, 0.4) is 0 Å². The van der Waals surface area contributed by atoms with E-state index >= 15 is 0 Å². The molecule has 0 amide bonds. The van der Waals surface area contributed by atoms with Crippen molar-refractivity contribution < 1.29 is 12.7 Å². The molecular formula is C15H29NO2. The molecule has 0 bridgehead atoms. The summed E-state index contributed by atoms with van der Waals surface area (Å²) in [5.74, 6) is 0. The van der Waals surface area contributed by atoms with Gasteiger partial charge in [-0.25, -0.2) is 0 Å². The number of aliphatic hydroxyl groups excluding tert-OH is 1. The molecule has 0 aromatic heterocycles. The Morgan fingerprint density at radius 3 is 2.33 bits per heavy atom. The summed E-state index contributed by atoms with van der Waals surface area (Å²) in [5, 5.41) is 11.9. The van der Waals surface area contributed by atoms with E-state index in [1.54, 1.807) is 0 Å². The van der Waals surface area contributed by atoms with Gasteiger partial charge in [0.15, 0.2) is 0 Å². The van der Waals surface area contributed by atoms with E-state index in [1.165, 1.54) is 0 Å². The van der Waals surface area contributed by atoms with Gasteiger partial charge < -0.3 is 5.11 Å². The quantitative estimate of drug-likeness (QED) is 0.784. The summed E-state index contributed by atoms with van der Waals surface area (Å²) in [4.78, 5) is 6.01. The van der Waals surface area contributed by atoms with Gasteiger partial charge in [-0.15, -0.1) is 0 Å². The molecule has 18 heavy (non-hydrogen) atoms. The van der Waals surface area contributed by atoms with Crippen LogP contribution in [0, 0.1) is 0 Å². The maximum atomic E-state index is 10.0. The molecule has 3 nitrogen and oxygen atoms in total. The van der Waals surface area contributed by atoms with Crippen LogP contribution < -0.4 is 0 Å². The van der Waals surface area contributed by atoms with Gasteiger partial charge in [-0.2, -0.15) is 5.06 Å². The van der Waals surface area contributed by atoms with Gasteiger partial charge in [0.25, 0.3) is 0 Å². The SMILES string of the molecule is [2H]/C(CC)=C(/[2H])C(C)ON1C(C)(C)CC(O)CC1(C)C. The van der Waals surface area contributed by atoms with Crippen molar-refractivity contribution in [2.45, 2.75) is 84.1 Å². The second-order valence-electron chi connectivity index (χ2n) is 6.40. The summed E-state index contributed by atoms with van der Waals surface area (Å²) in [6.07, 6.45) is 1.04. The molecule has 0 saturated carbocycles. The first kappa shape index (κ1) is 12.6. The van der Waals surface area contributed by atoms with E-state index in [4.69, 9.17) is 7.58 Å². The molecule has 1 aliphatic rings. The molecule has 0 aromatic rings. The average Bonchev–Trinajstić information content (AvgIpc) is 2.30. The lowest BCUT2D eigenvalue weighted by molar-refractivity contribution is -0.303. The Bertz CT molecular complexity index is 362. The van der Waals surface area contributed by atoms with E-state index in [2.05, 4.69) is 0 Å². The third kappa shape index (κ3) is 3.81.